The van der Waals surface area contributed by atoms with E-state index in [0.717, 1.165) is 25.9 Å². The van der Waals surface area contributed by atoms with Crippen LogP contribution in [0.5, 0.6) is 0 Å². The van der Waals surface area contributed by atoms with E-state index in [-0.39, 0.29) is 11.0 Å². The van der Waals surface area contributed by atoms with Gasteiger partial charge in [-0.3, -0.25) is 4.79 Å². The van der Waals surface area contributed by atoms with Crippen molar-refractivity contribution in [1.29, 1.82) is 0 Å². The summed E-state index contributed by atoms with van der Waals surface area (Å²) in [6.07, 6.45) is 5.36. The second-order valence-corrected chi connectivity index (χ2v) is 8.31. The van der Waals surface area contributed by atoms with Gasteiger partial charge in [0.15, 0.2) is 5.82 Å². The number of methoxy groups -OCH3 is 1. The standard InChI is InChI=1S/C22H25ClFN7O2/c1-30(8-7-19(32)33-2)15-5-9-31(10-6-15)22-25-12-18-20(29-22)21(27-13-26-18)28-14-3-4-17(24)16(23)11-14/h3-4,11-13,15H,5-10H2,1-2H3,(H,26,27,28). The average molecular weight is 474 g/mol. The minimum absolute atomic E-state index is 0.0214. The van der Waals surface area contributed by atoms with Crippen LogP contribution in [0, 0.1) is 5.82 Å². The molecule has 4 rings (SSSR count). The van der Waals surface area contributed by atoms with Crippen LogP contribution in [0.4, 0.5) is 21.8 Å². The van der Waals surface area contributed by atoms with Gasteiger partial charge in [0.25, 0.3) is 0 Å². The number of piperidine rings is 1. The van der Waals surface area contributed by atoms with Crippen molar-refractivity contribution in [3.8, 4) is 0 Å². The van der Waals surface area contributed by atoms with Crippen molar-refractivity contribution in [2.45, 2.75) is 25.3 Å². The number of nitrogens with one attached hydrogen (secondary N) is 1. The minimum Gasteiger partial charge on any atom is -0.469 e. The van der Waals surface area contributed by atoms with Crippen molar-refractivity contribution in [3.63, 3.8) is 0 Å². The molecule has 1 saturated heterocycles. The third kappa shape index (κ3) is 5.45. The van der Waals surface area contributed by atoms with Crippen molar-refractivity contribution < 1.29 is 13.9 Å². The maximum atomic E-state index is 13.5. The molecule has 0 saturated carbocycles. The van der Waals surface area contributed by atoms with Crippen LogP contribution in [0.15, 0.2) is 30.7 Å². The fourth-order valence-corrected chi connectivity index (χ4v) is 4.04. The predicted molar refractivity (Wildman–Crippen MR) is 124 cm³/mol. The molecule has 3 aromatic rings. The first-order chi connectivity index (χ1) is 15.9. The number of carbonyl (C=O) groups excluding carboxylic acids is 1. The van der Waals surface area contributed by atoms with E-state index < -0.39 is 5.82 Å². The molecule has 0 aliphatic carbocycles. The van der Waals surface area contributed by atoms with Crippen LogP contribution in [0.2, 0.25) is 5.02 Å². The number of benzene rings is 1. The zero-order valence-corrected chi connectivity index (χ0v) is 19.2. The minimum atomic E-state index is -0.487. The zero-order chi connectivity index (χ0) is 23.4. The highest BCUT2D eigenvalue weighted by molar-refractivity contribution is 6.31. The predicted octanol–water partition coefficient (Wildman–Crippen LogP) is 3.42. The third-order valence-corrected chi connectivity index (χ3v) is 6.10. The first-order valence-corrected chi connectivity index (χ1v) is 11.0. The van der Waals surface area contributed by atoms with Crippen molar-refractivity contribution in [2.75, 3.05) is 44.0 Å². The quantitative estimate of drug-likeness (QED) is 0.517. The summed E-state index contributed by atoms with van der Waals surface area (Å²) in [6.45, 7) is 2.26. The largest absolute Gasteiger partial charge is 0.469 e. The summed E-state index contributed by atoms with van der Waals surface area (Å²) in [5, 5.41) is 3.16. The zero-order valence-electron chi connectivity index (χ0n) is 18.5. The number of hydrogen-bond donors (Lipinski definition) is 1. The number of carbonyl (C=O) groups is 1. The Labute approximate surface area is 196 Å². The second kappa shape index (κ2) is 10.2. The van der Waals surface area contributed by atoms with Crippen molar-refractivity contribution in [1.82, 2.24) is 24.8 Å². The van der Waals surface area contributed by atoms with Gasteiger partial charge >= 0.3 is 5.97 Å². The molecular formula is C22H25ClFN7O2. The lowest BCUT2D eigenvalue weighted by molar-refractivity contribution is -0.141. The van der Waals surface area contributed by atoms with Crippen molar-refractivity contribution >= 4 is 46.1 Å². The molecule has 3 heterocycles. The first kappa shape index (κ1) is 23.1. The summed E-state index contributed by atoms with van der Waals surface area (Å²) in [5.41, 5.74) is 1.76. The van der Waals surface area contributed by atoms with Gasteiger partial charge in [0.1, 0.15) is 23.2 Å². The lowest BCUT2D eigenvalue weighted by Gasteiger charge is -2.36. The third-order valence-electron chi connectivity index (χ3n) is 5.81. The average Bonchev–Trinajstić information content (AvgIpc) is 2.84. The van der Waals surface area contributed by atoms with Gasteiger partial charge in [-0.2, -0.15) is 0 Å². The molecule has 2 aromatic heterocycles. The maximum Gasteiger partial charge on any atom is 0.306 e. The Hall–Kier alpha value is -3.11. The molecule has 0 spiro atoms. The van der Waals surface area contributed by atoms with Crippen LogP contribution in [-0.4, -0.2) is 70.6 Å². The van der Waals surface area contributed by atoms with E-state index in [1.807, 2.05) is 7.05 Å². The Morgan fingerprint density at radius 3 is 2.82 bits per heavy atom. The number of nitrogens with zero attached hydrogens (tertiary/aromatic N) is 6. The fourth-order valence-electron chi connectivity index (χ4n) is 3.86. The van der Waals surface area contributed by atoms with E-state index in [4.69, 9.17) is 21.3 Å². The number of aromatic nitrogens is 4. The molecule has 1 fully saturated rings. The Bertz CT molecular complexity index is 1140. The van der Waals surface area contributed by atoms with Gasteiger partial charge in [0, 0.05) is 31.4 Å². The molecular weight excluding hydrogens is 449 g/mol. The lowest BCUT2D eigenvalue weighted by atomic mass is 10.0. The van der Waals surface area contributed by atoms with Gasteiger partial charge in [0.2, 0.25) is 5.95 Å². The van der Waals surface area contributed by atoms with Gasteiger partial charge in [-0.05, 0) is 38.1 Å². The molecule has 11 heteroatoms. The summed E-state index contributed by atoms with van der Waals surface area (Å²) >= 11 is 5.90. The maximum absolute atomic E-state index is 13.5. The monoisotopic (exact) mass is 473 g/mol. The lowest BCUT2D eigenvalue weighted by Crippen LogP contribution is -2.44. The Kier molecular flexibility index (Phi) is 7.14. The van der Waals surface area contributed by atoms with Gasteiger partial charge in [-0.25, -0.2) is 24.3 Å². The van der Waals surface area contributed by atoms with E-state index in [9.17, 15) is 9.18 Å². The number of hydrogen-bond acceptors (Lipinski definition) is 9. The smallest absolute Gasteiger partial charge is 0.306 e. The van der Waals surface area contributed by atoms with Gasteiger partial charge in [-0.1, -0.05) is 11.6 Å². The number of ether oxygens (including phenoxy) is 1. The number of rotatable bonds is 7. The molecule has 0 atom stereocenters. The molecule has 1 aliphatic rings. The molecule has 0 bridgehead atoms. The Balaban J connectivity index is 1.46. The van der Waals surface area contributed by atoms with Crippen LogP contribution in [-0.2, 0) is 9.53 Å². The Morgan fingerprint density at radius 1 is 1.30 bits per heavy atom. The van der Waals surface area contributed by atoms with E-state index in [1.54, 1.807) is 12.3 Å². The van der Waals surface area contributed by atoms with Crippen LogP contribution in [0.1, 0.15) is 19.3 Å². The summed E-state index contributed by atoms with van der Waals surface area (Å²) < 4.78 is 18.2. The van der Waals surface area contributed by atoms with E-state index >= 15 is 0 Å². The number of esters is 1. The summed E-state index contributed by atoms with van der Waals surface area (Å²) in [7, 11) is 3.44. The normalized spacial score (nSPS) is 14.6. The van der Waals surface area contributed by atoms with Crippen LogP contribution in [0.25, 0.3) is 11.0 Å². The molecule has 1 aromatic carbocycles. The Morgan fingerprint density at radius 2 is 2.09 bits per heavy atom. The van der Waals surface area contributed by atoms with Crippen molar-refractivity contribution in [3.05, 3.63) is 41.6 Å². The van der Waals surface area contributed by atoms with E-state index in [1.165, 1.54) is 25.6 Å². The van der Waals surface area contributed by atoms with E-state index in [0.29, 0.717) is 47.5 Å². The first-order valence-electron chi connectivity index (χ1n) is 10.7. The molecule has 33 heavy (non-hydrogen) atoms. The van der Waals surface area contributed by atoms with Crippen LogP contribution >= 0.6 is 11.6 Å². The molecule has 1 N–H and O–H groups in total. The summed E-state index contributed by atoms with van der Waals surface area (Å²) in [4.78, 5) is 33.5. The van der Waals surface area contributed by atoms with Gasteiger partial charge in [0.05, 0.1) is 24.8 Å². The topological polar surface area (TPSA) is 96.4 Å². The SMILES string of the molecule is COC(=O)CCN(C)C1CCN(c2ncc3ncnc(Nc4ccc(F)c(Cl)c4)c3n2)CC1. The number of fused-ring (bicyclic) bond motifs is 1. The second-order valence-electron chi connectivity index (χ2n) is 7.90. The summed E-state index contributed by atoms with van der Waals surface area (Å²) in [6, 6.07) is 4.75. The van der Waals surface area contributed by atoms with Crippen LogP contribution in [0.3, 0.4) is 0 Å². The molecule has 174 valence electrons. The molecule has 0 unspecified atom stereocenters. The van der Waals surface area contributed by atoms with E-state index in [2.05, 4.69) is 30.1 Å². The molecule has 0 radical (unpaired) electrons. The van der Waals surface area contributed by atoms with Gasteiger partial charge in [-0.15, -0.1) is 0 Å². The fraction of sp³-hybridized carbons (Fsp3) is 0.409. The van der Waals surface area contributed by atoms with Crippen LogP contribution < -0.4 is 10.2 Å². The number of halogens is 2. The highest BCUT2D eigenvalue weighted by Gasteiger charge is 2.24. The van der Waals surface area contributed by atoms with Crippen molar-refractivity contribution in [2.24, 2.45) is 0 Å². The highest BCUT2D eigenvalue weighted by atomic mass is 35.5. The molecule has 9 nitrogen and oxygen atoms in total. The summed E-state index contributed by atoms with van der Waals surface area (Å²) in [5.74, 6) is 0.411. The molecule has 0 amide bonds. The van der Waals surface area contributed by atoms with Gasteiger partial charge < -0.3 is 19.9 Å². The molecule has 1 aliphatic heterocycles. The number of anilines is 3. The highest BCUT2D eigenvalue weighted by Crippen LogP contribution is 2.26.